The van der Waals surface area contributed by atoms with Crippen LogP contribution in [0.4, 0.5) is 5.82 Å². The van der Waals surface area contributed by atoms with Crippen LogP contribution in [0.1, 0.15) is 12.8 Å². The number of alkyl halides is 1. The second-order valence-electron chi connectivity index (χ2n) is 5.17. The fourth-order valence-corrected chi connectivity index (χ4v) is 3.19. The van der Waals surface area contributed by atoms with Crippen molar-refractivity contribution in [2.75, 3.05) is 18.5 Å². The summed E-state index contributed by atoms with van der Waals surface area (Å²) >= 11 is 6.03. The van der Waals surface area contributed by atoms with Gasteiger partial charge in [-0.15, -0.1) is 11.6 Å². The lowest BCUT2D eigenvalue weighted by Crippen LogP contribution is -2.35. The van der Waals surface area contributed by atoms with Crippen LogP contribution in [0, 0.1) is 5.92 Å². The average Bonchev–Trinajstić information content (AvgIpc) is 2.36. The number of hydrogen-bond acceptors (Lipinski definition) is 2. The minimum atomic E-state index is 0.392. The van der Waals surface area contributed by atoms with E-state index >= 15 is 0 Å². The quantitative estimate of drug-likeness (QED) is 0.783. The van der Waals surface area contributed by atoms with E-state index in [9.17, 15) is 0 Å². The van der Waals surface area contributed by atoms with E-state index in [1.54, 1.807) is 0 Å². The van der Waals surface area contributed by atoms with E-state index in [1.807, 2.05) is 6.20 Å². The van der Waals surface area contributed by atoms with Gasteiger partial charge in [0.2, 0.25) is 0 Å². The zero-order valence-electron chi connectivity index (χ0n) is 10.5. The Hall–Kier alpha value is -1.28. The number of hydrogen-bond donors (Lipinski definition) is 0. The molecule has 18 heavy (non-hydrogen) atoms. The number of halogens is 1. The van der Waals surface area contributed by atoms with Gasteiger partial charge in [-0.1, -0.05) is 24.3 Å². The number of rotatable bonds is 3. The highest BCUT2D eigenvalue weighted by Gasteiger charge is 2.28. The molecule has 1 aliphatic carbocycles. The highest BCUT2D eigenvalue weighted by molar-refractivity contribution is 6.21. The molecule has 94 valence electrons. The van der Waals surface area contributed by atoms with Crippen molar-refractivity contribution in [1.82, 2.24) is 4.98 Å². The summed E-state index contributed by atoms with van der Waals surface area (Å²) in [4.78, 5) is 6.79. The van der Waals surface area contributed by atoms with Crippen LogP contribution in [0.15, 0.2) is 36.5 Å². The van der Waals surface area contributed by atoms with Crippen LogP contribution in [-0.4, -0.2) is 24.0 Å². The van der Waals surface area contributed by atoms with Crippen LogP contribution in [0.2, 0.25) is 0 Å². The lowest BCUT2D eigenvalue weighted by molar-refractivity contribution is 0.329. The maximum Gasteiger partial charge on any atom is 0.136 e. The van der Waals surface area contributed by atoms with Crippen LogP contribution >= 0.6 is 11.6 Å². The molecule has 1 aromatic heterocycles. The van der Waals surface area contributed by atoms with E-state index in [0.29, 0.717) is 5.38 Å². The molecule has 1 aliphatic rings. The molecule has 1 aromatic carbocycles. The summed E-state index contributed by atoms with van der Waals surface area (Å²) in [5.41, 5.74) is 0. The number of anilines is 1. The van der Waals surface area contributed by atoms with E-state index in [1.165, 1.54) is 10.8 Å². The largest absolute Gasteiger partial charge is 0.359 e. The molecule has 3 heteroatoms. The van der Waals surface area contributed by atoms with Gasteiger partial charge in [-0.3, -0.25) is 0 Å². The molecule has 3 rings (SSSR count). The van der Waals surface area contributed by atoms with E-state index < -0.39 is 0 Å². The molecule has 0 aliphatic heterocycles. The molecule has 0 atom stereocenters. The molecule has 0 radical (unpaired) electrons. The van der Waals surface area contributed by atoms with Gasteiger partial charge in [0.05, 0.1) is 0 Å². The molecule has 2 aromatic rings. The molecule has 1 fully saturated rings. The Morgan fingerprint density at radius 2 is 2.06 bits per heavy atom. The maximum absolute atomic E-state index is 6.03. The van der Waals surface area contributed by atoms with Gasteiger partial charge < -0.3 is 4.90 Å². The summed E-state index contributed by atoms with van der Waals surface area (Å²) in [6, 6.07) is 10.5. The standard InChI is InChI=1S/C15H17ClN2/c1-18(10-11-8-13(16)9-11)15-14-5-3-2-4-12(14)6-7-17-15/h2-7,11,13H,8-10H2,1H3. The second kappa shape index (κ2) is 4.77. The van der Waals surface area contributed by atoms with Gasteiger partial charge in [0, 0.05) is 30.6 Å². The first kappa shape index (κ1) is 11.8. The normalized spacial score (nSPS) is 22.8. The smallest absolute Gasteiger partial charge is 0.136 e. The average molecular weight is 261 g/mol. The molecule has 0 saturated heterocycles. The fourth-order valence-electron chi connectivity index (χ4n) is 2.69. The molecule has 0 amide bonds. The van der Waals surface area contributed by atoms with Crippen molar-refractivity contribution < 1.29 is 0 Å². The highest BCUT2D eigenvalue weighted by atomic mass is 35.5. The number of pyridine rings is 1. The Morgan fingerprint density at radius 1 is 1.28 bits per heavy atom. The van der Waals surface area contributed by atoms with Gasteiger partial charge in [-0.25, -0.2) is 4.98 Å². The van der Waals surface area contributed by atoms with E-state index in [0.717, 1.165) is 31.1 Å². The van der Waals surface area contributed by atoms with Crippen molar-refractivity contribution in [1.29, 1.82) is 0 Å². The number of fused-ring (bicyclic) bond motifs is 1. The Morgan fingerprint density at radius 3 is 2.83 bits per heavy atom. The Balaban J connectivity index is 1.84. The van der Waals surface area contributed by atoms with Crippen LogP contribution in [-0.2, 0) is 0 Å². The number of nitrogens with zero attached hydrogens (tertiary/aromatic N) is 2. The van der Waals surface area contributed by atoms with Crippen molar-refractivity contribution in [3.05, 3.63) is 36.5 Å². The Labute approximate surface area is 113 Å². The maximum atomic E-state index is 6.03. The summed E-state index contributed by atoms with van der Waals surface area (Å²) in [5.74, 6) is 1.80. The van der Waals surface area contributed by atoms with Gasteiger partial charge in [0.1, 0.15) is 5.82 Å². The minimum absolute atomic E-state index is 0.392. The van der Waals surface area contributed by atoms with Gasteiger partial charge >= 0.3 is 0 Å². The van der Waals surface area contributed by atoms with Crippen LogP contribution in [0.3, 0.4) is 0 Å². The van der Waals surface area contributed by atoms with E-state index in [2.05, 4.69) is 47.3 Å². The third-order valence-corrected chi connectivity index (χ3v) is 4.08. The predicted octanol–water partition coefficient (Wildman–Crippen LogP) is 3.69. The molecule has 0 N–H and O–H groups in total. The van der Waals surface area contributed by atoms with Crippen molar-refractivity contribution in [3.63, 3.8) is 0 Å². The third kappa shape index (κ3) is 2.17. The van der Waals surface area contributed by atoms with Gasteiger partial charge in [0.25, 0.3) is 0 Å². The first-order valence-corrected chi connectivity index (χ1v) is 6.86. The van der Waals surface area contributed by atoms with Crippen LogP contribution < -0.4 is 4.90 Å². The molecule has 0 unspecified atom stereocenters. The molecule has 2 nitrogen and oxygen atoms in total. The summed E-state index contributed by atoms with van der Waals surface area (Å²) in [6.07, 6.45) is 4.16. The summed E-state index contributed by atoms with van der Waals surface area (Å²) < 4.78 is 0. The fraction of sp³-hybridized carbons (Fsp3) is 0.400. The first-order chi connectivity index (χ1) is 8.74. The van der Waals surface area contributed by atoms with Crippen molar-refractivity contribution in [3.8, 4) is 0 Å². The summed E-state index contributed by atoms with van der Waals surface area (Å²) in [5, 5.41) is 2.87. The second-order valence-corrected chi connectivity index (χ2v) is 5.79. The number of aromatic nitrogens is 1. The lowest BCUT2D eigenvalue weighted by Gasteiger charge is -2.34. The molecule has 0 spiro atoms. The SMILES string of the molecule is CN(CC1CC(Cl)C1)c1nccc2ccccc12. The topological polar surface area (TPSA) is 16.1 Å². The monoisotopic (exact) mass is 260 g/mol. The zero-order valence-corrected chi connectivity index (χ0v) is 11.3. The van der Waals surface area contributed by atoms with Crippen molar-refractivity contribution in [2.45, 2.75) is 18.2 Å². The van der Waals surface area contributed by atoms with Crippen LogP contribution in [0.5, 0.6) is 0 Å². The number of benzene rings is 1. The molecule has 1 heterocycles. The minimum Gasteiger partial charge on any atom is -0.359 e. The Kier molecular flexibility index (Phi) is 3.13. The van der Waals surface area contributed by atoms with E-state index in [-0.39, 0.29) is 0 Å². The highest BCUT2D eigenvalue weighted by Crippen LogP contribution is 2.33. The predicted molar refractivity (Wildman–Crippen MR) is 77.4 cm³/mol. The zero-order chi connectivity index (χ0) is 12.5. The Bertz CT molecular complexity index is 544. The van der Waals surface area contributed by atoms with Gasteiger partial charge in [-0.2, -0.15) is 0 Å². The van der Waals surface area contributed by atoms with Crippen molar-refractivity contribution >= 4 is 28.2 Å². The van der Waals surface area contributed by atoms with E-state index in [4.69, 9.17) is 11.6 Å². The first-order valence-electron chi connectivity index (χ1n) is 6.43. The van der Waals surface area contributed by atoms with Gasteiger partial charge in [0.15, 0.2) is 0 Å². The van der Waals surface area contributed by atoms with Crippen LogP contribution in [0.25, 0.3) is 10.8 Å². The lowest BCUT2D eigenvalue weighted by atomic mass is 9.84. The third-order valence-electron chi connectivity index (χ3n) is 3.72. The molecule has 0 bridgehead atoms. The summed E-state index contributed by atoms with van der Waals surface area (Å²) in [6.45, 7) is 1.05. The molecule has 1 saturated carbocycles. The molecular formula is C15H17ClN2. The van der Waals surface area contributed by atoms with Gasteiger partial charge in [-0.05, 0) is 30.2 Å². The molecular weight excluding hydrogens is 244 g/mol. The summed E-state index contributed by atoms with van der Waals surface area (Å²) in [7, 11) is 2.12. The van der Waals surface area contributed by atoms with Crippen molar-refractivity contribution in [2.24, 2.45) is 5.92 Å².